The molecule has 4 nitrogen and oxygen atoms in total. The van der Waals surface area contributed by atoms with Gasteiger partial charge in [0.05, 0.1) is 12.1 Å². The van der Waals surface area contributed by atoms with Gasteiger partial charge in [0, 0.05) is 6.04 Å². The van der Waals surface area contributed by atoms with Crippen molar-refractivity contribution in [2.24, 2.45) is 0 Å². The minimum atomic E-state index is -1.35. The molecule has 2 aliphatic heterocycles. The van der Waals surface area contributed by atoms with Crippen LogP contribution in [0.25, 0.3) is 0 Å². The van der Waals surface area contributed by atoms with E-state index in [1.165, 1.54) is 4.90 Å². The summed E-state index contributed by atoms with van der Waals surface area (Å²) in [4.78, 5) is 13.5. The van der Waals surface area contributed by atoms with Crippen molar-refractivity contribution in [3.63, 3.8) is 0 Å². The fraction of sp³-hybridized carbons (Fsp3) is 0.917. The largest absolute Gasteiger partial charge is 0.444 e. The average molecular weight is 245 g/mol. The summed E-state index contributed by atoms with van der Waals surface area (Å²) in [5, 5.41) is 9.54. The molecule has 0 aromatic heterocycles. The van der Waals surface area contributed by atoms with Crippen molar-refractivity contribution in [1.29, 1.82) is 0 Å². The van der Waals surface area contributed by atoms with Gasteiger partial charge in [-0.3, -0.25) is 4.90 Å². The van der Waals surface area contributed by atoms with Crippen molar-refractivity contribution in [2.45, 2.75) is 70.0 Å². The molecule has 2 fully saturated rings. The Kier molecular flexibility index (Phi) is 3.06. The lowest BCUT2D eigenvalue weighted by Crippen LogP contribution is -2.55. The fourth-order valence-electron chi connectivity index (χ4n) is 2.72. The molecular formula is C12H20FNO3. The van der Waals surface area contributed by atoms with Crippen LogP contribution >= 0.6 is 0 Å². The molecule has 0 aromatic rings. The van der Waals surface area contributed by atoms with E-state index in [9.17, 15) is 14.3 Å². The van der Waals surface area contributed by atoms with Crippen LogP contribution < -0.4 is 0 Å². The van der Waals surface area contributed by atoms with Crippen LogP contribution in [0.15, 0.2) is 0 Å². The topological polar surface area (TPSA) is 49.8 Å². The fourth-order valence-corrected chi connectivity index (χ4v) is 2.72. The van der Waals surface area contributed by atoms with Gasteiger partial charge in [-0.05, 0) is 40.0 Å². The lowest BCUT2D eigenvalue weighted by Gasteiger charge is -2.39. The molecule has 2 rings (SSSR count). The Bertz CT molecular complexity index is 315. The molecule has 1 amide bonds. The molecule has 0 radical (unpaired) electrons. The maximum Gasteiger partial charge on any atom is 0.410 e. The number of aliphatic hydroxyl groups excluding tert-OH is 1. The summed E-state index contributed by atoms with van der Waals surface area (Å²) >= 11 is 0. The zero-order valence-electron chi connectivity index (χ0n) is 10.5. The molecule has 4 atom stereocenters. The summed E-state index contributed by atoms with van der Waals surface area (Å²) in [6.45, 7) is 5.37. The van der Waals surface area contributed by atoms with Gasteiger partial charge in [0.2, 0.25) is 0 Å². The van der Waals surface area contributed by atoms with Crippen LogP contribution in [-0.4, -0.2) is 46.1 Å². The number of ether oxygens (including phenoxy) is 1. The van der Waals surface area contributed by atoms with Gasteiger partial charge in [-0.25, -0.2) is 9.18 Å². The molecule has 0 spiro atoms. The Morgan fingerprint density at radius 1 is 1.41 bits per heavy atom. The number of rotatable bonds is 0. The van der Waals surface area contributed by atoms with Gasteiger partial charge in [-0.2, -0.15) is 0 Å². The second kappa shape index (κ2) is 4.12. The van der Waals surface area contributed by atoms with Crippen LogP contribution in [0.1, 0.15) is 40.0 Å². The van der Waals surface area contributed by atoms with Crippen molar-refractivity contribution in [1.82, 2.24) is 4.90 Å². The van der Waals surface area contributed by atoms with Gasteiger partial charge in [0.15, 0.2) is 0 Å². The second-order valence-electron chi connectivity index (χ2n) is 5.93. The van der Waals surface area contributed by atoms with Gasteiger partial charge in [-0.1, -0.05) is 0 Å². The SMILES string of the molecule is CC(C)(C)OC(=O)N1[C@H]2CC[C@H]1[C@H](F)[C@@H](O)C2. The average Bonchev–Trinajstić information content (AvgIpc) is 2.51. The highest BCUT2D eigenvalue weighted by atomic mass is 19.1. The highest BCUT2D eigenvalue weighted by molar-refractivity contribution is 5.69. The molecule has 2 aliphatic rings. The van der Waals surface area contributed by atoms with E-state index < -0.39 is 30.0 Å². The van der Waals surface area contributed by atoms with Crippen molar-refractivity contribution in [3.8, 4) is 0 Å². The number of alkyl halides is 1. The Hall–Kier alpha value is -0.840. The molecule has 17 heavy (non-hydrogen) atoms. The molecule has 2 heterocycles. The van der Waals surface area contributed by atoms with Crippen LogP contribution in [-0.2, 0) is 4.74 Å². The van der Waals surface area contributed by atoms with E-state index in [2.05, 4.69) is 0 Å². The van der Waals surface area contributed by atoms with Crippen molar-refractivity contribution in [3.05, 3.63) is 0 Å². The number of carbonyl (C=O) groups is 1. The van der Waals surface area contributed by atoms with E-state index in [-0.39, 0.29) is 6.04 Å². The minimum absolute atomic E-state index is 0.0724. The number of amides is 1. The molecule has 0 aliphatic carbocycles. The van der Waals surface area contributed by atoms with Gasteiger partial charge in [0.1, 0.15) is 11.8 Å². The van der Waals surface area contributed by atoms with Crippen molar-refractivity contribution < 1.29 is 19.0 Å². The van der Waals surface area contributed by atoms with E-state index in [1.54, 1.807) is 20.8 Å². The zero-order chi connectivity index (χ0) is 12.8. The van der Waals surface area contributed by atoms with Crippen molar-refractivity contribution >= 4 is 6.09 Å². The molecule has 0 unspecified atom stereocenters. The summed E-state index contributed by atoms with van der Waals surface area (Å²) in [6.07, 6.45) is -1.06. The first kappa shape index (κ1) is 12.6. The number of piperidine rings is 1. The highest BCUT2D eigenvalue weighted by Crippen LogP contribution is 2.38. The third-order valence-corrected chi connectivity index (χ3v) is 3.40. The molecule has 98 valence electrons. The minimum Gasteiger partial charge on any atom is -0.444 e. The number of halogens is 1. The van der Waals surface area contributed by atoms with E-state index in [0.717, 1.165) is 6.42 Å². The molecule has 0 saturated carbocycles. The van der Waals surface area contributed by atoms with Crippen LogP contribution in [0, 0.1) is 0 Å². The van der Waals surface area contributed by atoms with E-state index in [0.29, 0.717) is 12.8 Å². The van der Waals surface area contributed by atoms with Gasteiger partial charge < -0.3 is 9.84 Å². The number of fused-ring (bicyclic) bond motifs is 2. The van der Waals surface area contributed by atoms with E-state index in [4.69, 9.17) is 4.74 Å². The molecular weight excluding hydrogens is 225 g/mol. The number of hydrogen-bond acceptors (Lipinski definition) is 3. The third kappa shape index (κ3) is 2.39. The first-order chi connectivity index (χ1) is 7.79. The van der Waals surface area contributed by atoms with E-state index >= 15 is 0 Å². The molecule has 1 N–H and O–H groups in total. The summed E-state index contributed by atoms with van der Waals surface area (Å²) in [6, 6.07) is -0.588. The predicted octanol–water partition coefficient (Wildman–Crippen LogP) is 1.86. The molecule has 2 bridgehead atoms. The van der Waals surface area contributed by atoms with Crippen LogP contribution in [0.2, 0.25) is 0 Å². The predicted molar refractivity (Wildman–Crippen MR) is 60.4 cm³/mol. The maximum atomic E-state index is 13.8. The Morgan fingerprint density at radius 3 is 2.65 bits per heavy atom. The lowest BCUT2D eigenvalue weighted by atomic mass is 9.98. The summed E-state index contributed by atoms with van der Waals surface area (Å²) in [5.41, 5.74) is -0.571. The monoisotopic (exact) mass is 245 g/mol. The van der Waals surface area contributed by atoms with Crippen molar-refractivity contribution in [2.75, 3.05) is 0 Å². The van der Waals surface area contributed by atoms with Gasteiger partial charge >= 0.3 is 6.09 Å². The van der Waals surface area contributed by atoms with E-state index in [1.807, 2.05) is 0 Å². The number of aliphatic hydroxyl groups is 1. The normalized spacial score (nSPS) is 37.1. The summed E-state index contributed by atoms with van der Waals surface area (Å²) in [5.74, 6) is 0. The highest BCUT2D eigenvalue weighted by Gasteiger charge is 2.50. The number of carbonyl (C=O) groups excluding carboxylic acids is 1. The van der Waals surface area contributed by atoms with Gasteiger partial charge in [-0.15, -0.1) is 0 Å². The number of nitrogens with zero attached hydrogens (tertiary/aromatic N) is 1. The van der Waals surface area contributed by atoms with Crippen LogP contribution in [0.4, 0.5) is 9.18 Å². The van der Waals surface area contributed by atoms with Gasteiger partial charge in [0.25, 0.3) is 0 Å². The summed E-state index contributed by atoms with van der Waals surface area (Å²) in [7, 11) is 0. The number of hydrogen-bond donors (Lipinski definition) is 1. The van der Waals surface area contributed by atoms with Crippen LogP contribution in [0.5, 0.6) is 0 Å². The zero-order valence-corrected chi connectivity index (χ0v) is 10.5. The Labute approximate surface area is 101 Å². The Balaban J connectivity index is 2.10. The van der Waals surface area contributed by atoms with Crippen LogP contribution in [0.3, 0.4) is 0 Å². The second-order valence-corrected chi connectivity index (χ2v) is 5.93. The first-order valence-electron chi connectivity index (χ1n) is 6.13. The molecule has 2 saturated heterocycles. The standard InChI is InChI=1S/C12H20FNO3/c1-12(2,3)17-11(16)14-7-4-5-8(14)10(13)9(15)6-7/h7-10,15H,4-6H2,1-3H3/t7-,8-,9-,10-/m0/s1. The third-order valence-electron chi connectivity index (χ3n) is 3.40. The maximum absolute atomic E-state index is 13.8. The molecule has 5 heteroatoms. The quantitative estimate of drug-likeness (QED) is 0.708. The first-order valence-corrected chi connectivity index (χ1v) is 6.13. The summed E-state index contributed by atoms with van der Waals surface area (Å²) < 4.78 is 19.1. The molecule has 0 aromatic carbocycles. The smallest absolute Gasteiger partial charge is 0.410 e. The lowest BCUT2D eigenvalue weighted by molar-refractivity contribution is -0.0478. The Morgan fingerprint density at radius 2 is 2.06 bits per heavy atom.